The molecule has 0 spiro atoms. The van der Waals surface area contributed by atoms with Crippen molar-refractivity contribution in [2.45, 2.75) is 13.8 Å². The maximum Gasteiger partial charge on any atom is 0.0418 e. The van der Waals surface area contributed by atoms with Crippen LogP contribution < -0.4 is 0 Å². The van der Waals surface area contributed by atoms with E-state index in [1.165, 1.54) is 19.5 Å². The molecule has 16 heavy (non-hydrogen) atoms. The summed E-state index contributed by atoms with van der Waals surface area (Å²) in [5.41, 5.74) is 0. The minimum absolute atomic E-state index is 0.961. The Morgan fingerprint density at radius 3 is 1.44 bits per heavy atom. The Morgan fingerprint density at radius 2 is 1.19 bits per heavy atom. The van der Waals surface area contributed by atoms with Crippen LogP contribution in [0.25, 0.3) is 9.81 Å². The van der Waals surface area contributed by atoms with E-state index < -0.39 is 0 Å². The zero-order valence-electron chi connectivity index (χ0n) is 9.02. The molecule has 84 valence electrons. The molecule has 0 nitrogen and oxygen atoms in total. The van der Waals surface area contributed by atoms with Crippen molar-refractivity contribution in [3.05, 3.63) is 43.8 Å². The molecule has 0 aromatic carbocycles. The Balaban J connectivity index is 2.41. The third-order valence-electron chi connectivity index (χ3n) is 2.17. The van der Waals surface area contributed by atoms with Gasteiger partial charge in [-0.2, -0.15) is 0 Å². The highest BCUT2D eigenvalue weighted by Crippen LogP contribution is 2.37. The maximum atomic E-state index is 4.57. The number of hydrogen-bond donors (Lipinski definition) is 2. The number of thiophene rings is 2. The first-order chi connectivity index (χ1) is 7.58. The highest BCUT2D eigenvalue weighted by Gasteiger charge is 2.08. The lowest BCUT2D eigenvalue weighted by Crippen LogP contribution is -1.74. The molecule has 2 aromatic heterocycles. The number of thiol groups is 2. The van der Waals surface area contributed by atoms with Crippen LogP contribution in [-0.4, -0.2) is 0 Å². The molecule has 0 unspecified atom stereocenters. The summed E-state index contributed by atoms with van der Waals surface area (Å²) in [7, 11) is 0. The molecule has 0 aliphatic rings. The van der Waals surface area contributed by atoms with Gasteiger partial charge >= 0.3 is 0 Å². The van der Waals surface area contributed by atoms with Gasteiger partial charge in [-0.05, 0) is 38.1 Å². The SMILES string of the molecule is Cc1ccc(/C(S)=C(/S)c2ccc(C)s2)s1. The first-order valence-electron chi connectivity index (χ1n) is 4.84. The molecule has 0 aliphatic heterocycles. The predicted molar refractivity (Wildman–Crippen MR) is 82.9 cm³/mol. The van der Waals surface area contributed by atoms with Crippen LogP contribution in [0.2, 0.25) is 0 Å². The van der Waals surface area contributed by atoms with Crippen molar-refractivity contribution in [1.29, 1.82) is 0 Å². The Hall–Kier alpha value is -0.160. The largest absolute Gasteiger partial charge is 0.141 e. The Bertz CT molecular complexity index is 482. The molecule has 0 atom stereocenters. The van der Waals surface area contributed by atoms with Crippen LogP contribution >= 0.6 is 47.9 Å². The first kappa shape index (κ1) is 12.3. The molecule has 0 saturated carbocycles. The van der Waals surface area contributed by atoms with Gasteiger partial charge in [-0.3, -0.25) is 0 Å². The standard InChI is InChI=1S/C12H12S4/c1-7-3-5-9(15-7)11(13)12(14)10-6-4-8(2)16-10/h3-6,13-14H,1-2H3/b12-11-. The summed E-state index contributed by atoms with van der Waals surface area (Å²) in [4.78, 5) is 6.87. The van der Waals surface area contributed by atoms with E-state index in [1.54, 1.807) is 22.7 Å². The van der Waals surface area contributed by atoms with Crippen molar-refractivity contribution in [1.82, 2.24) is 0 Å². The molecule has 0 saturated heterocycles. The van der Waals surface area contributed by atoms with Gasteiger partial charge in [0.1, 0.15) is 0 Å². The molecule has 0 N–H and O–H groups in total. The van der Waals surface area contributed by atoms with E-state index >= 15 is 0 Å². The highest BCUT2D eigenvalue weighted by molar-refractivity contribution is 7.97. The lowest BCUT2D eigenvalue weighted by molar-refractivity contribution is 1.64. The Labute approximate surface area is 115 Å². The number of hydrogen-bond acceptors (Lipinski definition) is 4. The summed E-state index contributed by atoms with van der Waals surface area (Å²) >= 11 is 12.6. The zero-order valence-corrected chi connectivity index (χ0v) is 12.4. The maximum absolute atomic E-state index is 4.57. The highest BCUT2D eigenvalue weighted by atomic mass is 32.1. The molecular weight excluding hydrogens is 272 g/mol. The second kappa shape index (κ2) is 5.00. The fraction of sp³-hybridized carbons (Fsp3) is 0.167. The van der Waals surface area contributed by atoms with Gasteiger partial charge in [0.25, 0.3) is 0 Å². The third-order valence-corrected chi connectivity index (χ3v) is 5.62. The van der Waals surface area contributed by atoms with Crippen LogP contribution in [0.3, 0.4) is 0 Å². The molecule has 0 aliphatic carbocycles. The van der Waals surface area contributed by atoms with Crippen LogP contribution in [0.5, 0.6) is 0 Å². The van der Waals surface area contributed by atoms with E-state index in [0.717, 1.165) is 9.81 Å². The molecular formula is C12H12S4. The van der Waals surface area contributed by atoms with Crippen molar-refractivity contribution in [3.63, 3.8) is 0 Å². The van der Waals surface area contributed by atoms with E-state index in [0.29, 0.717) is 0 Å². The van der Waals surface area contributed by atoms with Crippen molar-refractivity contribution in [2.24, 2.45) is 0 Å². The fourth-order valence-electron chi connectivity index (χ4n) is 1.36. The normalized spacial score (nSPS) is 12.8. The second-order valence-electron chi connectivity index (χ2n) is 3.52. The topological polar surface area (TPSA) is 0 Å². The molecule has 2 rings (SSSR count). The van der Waals surface area contributed by atoms with Gasteiger partial charge in [0.2, 0.25) is 0 Å². The summed E-state index contributed by atoms with van der Waals surface area (Å²) in [6.45, 7) is 4.20. The van der Waals surface area contributed by atoms with Crippen LogP contribution in [0.4, 0.5) is 0 Å². The van der Waals surface area contributed by atoms with Crippen molar-refractivity contribution < 1.29 is 0 Å². The Morgan fingerprint density at radius 1 is 0.812 bits per heavy atom. The number of aryl methyl sites for hydroxylation is 2. The van der Waals surface area contributed by atoms with Gasteiger partial charge in [-0.1, -0.05) is 0 Å². The lowest BCUT2D eigenvalue weighted by Gasteiger charge is -2.01. The summed E-state index contributed by atoms with van der Waals surface area (Å²) in [5.74, 6) is 0. The summed E-state index contributed by atoms with van der Waals surface area (Å²) in [6.07, 6.45) is 0. The van der Waals surface area contributed by atoms with E-state index in [4.69, 9.17) is 0 Å². The summed E-state index contributed by atoms with van der Waals surface area (Å²) < 4.78 is 0. The lowest BCUT2D eigenvalue weighted by atomic mass is 10.3. The molecule has 2 aromatic rings. The van der Waals surface area contributed by atoms with Gasteiger partial charge in [-0.25, -0.2) is 0 Å². The smallest absolute Gasteiger partial charge is 0.0418 e. The van der Waals surface area contributed by atoms with Gasteiger partial charge in [0.05, 0.1) is 0 Å². The quantitative estimate of drug-likeness (QED) is 0.703. The van der Waals surface area contributed by atoms with Gasteiger partial charge < -0.3 is 0 Å². The van der Waals surface area contributed by atoms with Crippen LogP contribution in [0.15, 0.2) is 24.3 Å². The first-order valence-corrected chi connectivity index (χ1v) is 7.36. The van der Waals surface area contributed by atoms with E-state index in [1.807, 2.05) is 0 Å². The molecule has 0 fully saturated rings. The van der Waals surface area contributed by atoms with Crippen molar-refractivity contribution in [3.8, 4) is 0 Å². The average molecular weight is 284 g/mol. The zero-order chi connectivity index (χ0) is 11.7. The molecule has 4 heteroatoms. The monoisotopic (exact) mass is 284 g/mol. The molecule has 0 radical (unpaired) electrons. The fourth-order valence-corrected chi connectivity index (χ4v) is 3.81. The summed E-state index contributed by atoms with van der Waals surface area (Å²) in [6, 6.07) is 8.41. The van der Waals surface area contributed by atoms with Crippen molar-refractivity contribution >= 4 is 57.7 Å². The Kier molecular flexibility index (Phi) is 3.85. The van der Waals surface area contributed by atoms with Gasteiger partial charge in [0.15, 0.2) is 0 Å². The summed E-state index contributed by atoms with van der Waals surface area (Å²) in [5, 5.41) is 0. The van der Waals surface area contributed by atoms with E-state index in [-0.39, 0.29) is 0 Å². The van der Waals surface area contributed by atoms with Crippen LogP contribution in [0.1, 0.15) is 19.5 Å². The second-order valence-corrected chi connectivity index (χ2v) is 6.99. The van der Waals surface area contributed by atoms with Crippen LogP contribution in [-0.2, 0) is 0 Å². The van der Waals surface area contributed by atoms with Crippen molar-refractivity contribution in [2.75, 3.05) is 0 Å². The minimum Gasteiger partial charge on any atom is -0.141 e. The molecule has 0 amide bonds. The minimum atomic E-state index is 0.961. The third kappa shape index (κ3) is 2.56. The van der Waals surface area contributed by atoms with Crippen LogP contribution in [0, 0.1) is 13.8 Å². The number of rotatable bonds is 2. The van der Waals surface area contributed by atoms with E-state index in [2.05, 4.69) is 63.4 Å². The average Bonchev–Trinajstić information content (AvgIpc) is 2.85. The van der Waals surface area contributed by atoms with Gasteiger partial charge in [-0.15, -0.1) is 47.9 Å². The predicted octanol–water partition coefficient (Wildman–Crippen LogP) is 5.11. The molecule has 2 heterocycles. The van der Waals surface area contributed by atoms with E-state index in [9.17, 15) is 0 Å². The van der Waals surface area contributed by atoms with Gasteiger partial charge in [0, 0.05) is 29.3 Å². The molecule has 0 bridgehead atoms.